The zero-order valence-electron chi connectivity index (χ0n) is 14.8. The lowest BCUT2D eigenvalue weighted by Crippen LogP contribution is -2.48. The number of amides is 2. The highest BCUT2D eigenvalue weighted by Crippen LogP contribution is 2.17. The SMILES string of the molecule is CCNC(=O)[C@@H](C)N(Cc1cccc(Br)c1)C(=O)Cc1cccc(Cl)c1. The van der Waals surface area contributed by atoms with E-state index in [2.05, 4.69) is 21.2 Å². The summed E-state index contributed by atoms with van der Waals surface area (Å²) in [5, 5.41) is 3.38. The van der Waals surface area contributed by atoms with Gasteiger partial charge in [-0.05, 0) is 49.2 Å². The lowest BCUT2D eigenvalue weighted by Gasteiger charge is -2.29. The highest BCUT2D eigenvalue weighted by molar-refractivity contribution is 9.10. The molecule has 138 valence electrons. The van der Waals surface area contributed by atoms with Gasteiger partial charge in [-0.2, -0.15) is 0 Å². The van der Waals surface area contributed by atoms with E-state index in [4.69, 9.17) is 11.6 Å². The minimum Gasteiger partial charge on any atom is -0.355 e. The van der Waals surface area contributed by atoms with Crippen molar-refractivity contribution in [3.8, 4) is 0 Å². The number of rotatable bonds is 7. The zero-order valence-corrected chi connectivity index (χ0v) is 17.2. The van der Waals surface area contributed by atoms with E-state index in [1.807, 2.05) is 43.3 Å². The maximum atomic E-state index is 13.0. The average Bonchev–Trinajstić information content (AvgIpc) is 2.59. The minimum atomic E-state index is -0.569. The molecular weight excluding hydrogens is 416 g/mol. The van der Waals surface area contributed by atoms with Crippen LogP contribution in [0.1, 0.15) is 25.0 Å². The molecule has 6 heteroatoms. The van der Waals surface area contributed by atoms with Gasteiger partial charge in [0.1, 0.15) is 6.04 Å². The third-order valence-corrected chi connectivity index (χ3v) is 4.73. The van der Waals surface area contributed by atoms with Gasteiger partial charge in [-0.3, -0.25) is 9.59 Å². The molecule has 0 unspecified atom stereocenters. The standard InChI is InChI=1S/C20H22BrClN2O2/c1-3-23-20(26)14(2)24(13-16-7-4-8-17(21)10-16)19(25)12-15-6-5-9-18(22)11-15/h4-11,14H,3,12-13H2,1-2H3,(H,23,26)/t14-/m1/s1. The molecule has 4 nitrogen and oxygen atoms in total. The number of carbonyl (C=O) groups excluding carboxylic acids is 2. The second kappa shape index (κ2) is 9.74. The van der Waals surface area contributed by atoms with E-state index >= 15 is 0 Å². The molecule has 0 spiro atoms. The van der Waals surface area contributed by atoms with Crippen LogP contribution in [0.4, 0.5) is 0 Å². The number of hydrogen-bond acceptors (Lipinski definition) is 2. The van der Waals surface area contributed by atoms with E-state index in [1.54, 1.807) is 24.0 Å². The molecule has 0 aliphatic carbocycles. The summed E-state index contributed by atoms with van der Waals surface area (Å²) in [6.45, 7) is 4.49. The van der Waals surface area contributed by atoms with E-state index in [9.17, 15) is 9.59 Å². The second-order valence-corrected chi connectivity index (χ2v) is 7.38. The quantitative estimate of drug-likeness (QED) is 0.706. The maximum Gasteiger partial charge on any atom is 0.242 e. The van der Waals surface area contributed by atoms with Crippen LogP contribution in [0.3, 0.4) is 0 Å². The predicted molar refractivity (Wildman–Crippen MR) is 108 cm³/mol. The molecule has 2 aromatic carbocycles. The molecule has 2 aromatic rings. The monoisotopic (exact) mass is 436 g/mol. The smallest absolute Gasteiger partial charge is 0.242 e. The van der Waals surface area contributed by atoms with Crippen molar-refractivity contribution in [2.75, 3.05) is 6.54 Å². The summed E-state index contributed by atoms with van der Waals surface area (Å²) >= 11 is 9.46. The van der Waals surface area contributed by atoms with Crippen LogP contribution in [-0.2, 0) is 22.6 Å². The van der Waals surface area contributed by atoms with Gasteiger partial charge in [-0.25, -0.2) is 0 Å². The molecular formula is C20H22BrClN2O2. The van der Waals surface area contributed by atoms with Gasteiger partial charge in [0.25, 0.3) is 0 Å². The van der Waals surface area contributed by atoms with Crippen molar-refractivity contribution in [2.24, 2.45) is 0 Å². The molecule has 1 atom stereocenters. The average molecular weight is 438 g/mol. The van der Waals surface area contributed by atoms with Crippen molar-refractivity contribution in [3.63, 3.8) is 0 Å². The number of carbonyl (C=O) groups is 2. The summed E-state index contributed by atoms with van der Waals surface area (Å²) in [5.74, 6) is -0.284. The van der Waals surface area contributed by atoms with E-state index in [-0.39, 0.29) is 18.2 Å². The molecule has 0 aliphatic heterocycles. The summed E-state index contributed by atoms with van der Waals surface area (Å²) in [7, 11) is 0. The molecule has 2 rings (SSSR count). The Morgan fingerprint density at radius 2 is 1.85 bits per heavy atom. The highest BCUT2D eigenvalue weighted by atomic mass is 79.9. The molecule has 0 fully saturated rings. The van der Waals surface area contributed by atoms with Crippen molar-refractivity contribution in [1.82, 2.24) is 10.2 Å². The fourth-order valence-corrected chi connectivity index (χ4v) is 3.32. The molecule has 26 heavy (non-hydrogen) atoms. The summed E-state index contributed by atoms with van der Waals surface area (Å²) in [4.78, 5) is 26.9. The number of nitrogens with one attached hydrogen (secondary N) is 1. The lowest BCUT2D eigenvalue weighted by atomic mass is 10.1. The van der Waals surface area contributed by atoms with Gasteiger partial charge in [0.15, 0.2) is 0 Å². The van der Waals surface area contributed by atoms with Gasteiger partial charge in [0.05, 0.1) is 6.42 Å². The fourth-order valence-electron chi connectivity index (χ4n) is 2.66. The Kier molecular flexibility index (Phi) is 7.66. The summed E-state index contributed by atoms with van der Waals surface area (Å²) in [6.07, 6.45) is 0.193. The molecule has 0 bridgehead atoms. The lowest BCUT2D eigenvalue weighted by molar-refractivity contribution is -0.140. The van der Waals surface area contributed by atoms with Crippen molar-refractivity contribution >= 4 is 39.3 Å². The first kappa shape index (κ1) is 20.5. The Morgan fingerprint density at radius 3 is 2.50 bits per heavy atom. The normalized spacial score (nSPS) is 11.7. The first-order valence-corrected chi connectivity index (χ1v) is 9.64. The molecule has 0 aliphatic rings. The zero-order chi connectivity index (χ0) is 19.1. The third kappa shape index (κ3) is 5.85. The van der Waals surface area contributed by atoms with Crippen molar-refractivity contribution in [2.45, 2.75) is 32.9 Å². The van der Waals surface area contributed by atoms with Crippen LogP contribution in [0, 0.1) is 0 Å². The Morgan fingerprint density at radius 1 is 1.15 bits per heavy atom. The van der Waals surface area contributed by atoms with Crippen LogP contribution >= 0.6 is 27.5 Å². The molecule has 0 radical (unpaired) electrons. The number of likely N-dealkylation sites (N-methyl/N-ethyl adjacent to an activating group) is 1. The predicted octanol–water partition coefficient (Wildman–Crippen LogP) is 4.20. The van der Waals surface area contributed by atoms with E-state index in [0.717, 1.165) is 15.6 Å². The molecule has 0 heterocycles. The number of benzene rings is 2. The van der Waals surface area contributed by atoms with Gasteiger partial charge in [0, 0.05) is 22.6 Å². The second-order valence-electron chi connectivity index (χ2n) is 6.03. The molecule has 0 aromatic heterocycles. The highest BCUT2D eigenvalue weighted by Gasteiger charge is 2.25. The number of nitrogens with zero attached hydrogens (tertiary/aromatic N) is 1. The van der Waals surface area contributed by atoms with E-state index in [0.29, 0.717) is 18.1 Å². The summed E-state index contributed by atoms with van der Waals surface area (Å²) < 4.78 is 0.933. The topological polar surface area (TPSA) is 49.4 Å². The van der Waals surface area contributed by atoms with Crippen LogP contribution < -0.4 is 5.32 Å². The van der Waals surface area contributed by atoms with Gasteiger partial charge < -0.3 is 10.2 Å². The van der Waals surface area contributed by atoms with Crippen LogP contribution in [0.2, 0.25) is 5.02 Å². The Labute approximate surface area is 167 Å². The van der Waals surface area contributed by atoms with Crippen molar-refractivity contribution in [3.05, 3.63) is 69.2 Å². The van der Waals surface area contributed by atoms with Gasteiger partial charge in [0.2, 0.25) is 11.8 Å². The Balaban J connectivity index is 2.23. The largest absolute Gasteiger partial charge is 0.355 e. The van der Waals surface area contributed by atoms with Crippen LogP contribution in [0.25, 0.3) is 0 Å². The van der Waals surface area contributed by atoms with Crippen LogP contribution in [-0.4, -0.2) is 29.3 Å². The maximum absolute atomic E-state index is 13.0. The molecule has 1 N–H and O–H groups in total. The molecule has 0 saturated heterocycles. The van der Waals surface area contributed by atoms with Crippen molar-refractivity contribution in [1.29, 1.82) is 0 Å². The summed E-state index contributed by atoms with van der Waals surface area (Å²) in [5.41, 5.74) is 1.78. The van der Waals surface area contributed by atoms with Gasteiger partial charge in [-0.15, -0.1) is 0 Å². The Hall–Kier alpha value is -1.85. The van der Waals surface area contributed by atoms with Gasteiger partial charge in [-0.1, -0.05) is 51.8 Å². The fraction of sp³-hybridized carbons (Fsp3) is 0.300. The van der Waals surface area contributed by atoms with E-state index in [1.165, 1.54) is 0 Å². The molecule has 0 saturated carbocycles. The Bertz CT molecular complexity index is 782. The summed E-state index contributed by atoms with van der Waals surface area (Å²) in [6, 6.07) is 14.4. The first-order chi connectivity index (χ1) is 12.4. The first-order valence-electron chi connectivity index (χ1n) is 8.46. The van der Waals surface area contributed by atoms with Crippen molar-refractivity contribution < 1.29 is 9.59 Å². The third-order valence-electron chi connectivity index (χ3n) is 4.00. The minimum absolute atomic E-state index is 0.119. The number of hydrogen-bond donors (Lipinski definition) is 1. The molecule has 2 amide bonds. The van der Waals surface area contributed by atoms with Crippen LogP contribution in [0.5, 0.6) is 0 Å². The van der Waals surface area contributed by atoms with E-state index < -0.39 is 6.04 Å². The van der Waals surface area contributed by atoms with Gasteiger partial charge >= 0.3 is 0 Å². The van der Waals surface area contributed by atoms with Crippen LogP contribution in [0.15, 0.2) is 53.0 Å². The number of halogens is 2.